The summed E-state index contributed by atoms with van der Waals surface area (Å²) in [5.41, 5.74) is -5.73. The smallest absolute Gasteiger partial charge is 0.266 e. The number of amides is 2. The van der Waals surface area contributed by atoms with Gasteiger partial charge in [-0.25, -0.2) is 0 Å². The van der Waals surface area contributed by atoms with Crippen LogP contribution >= 0.6 is 0 Å². The van der Waals surface area contributed by atoms with E-state index in [9.17, 15) is 31.2 Å². The molecule has 1 heterocycles. The van der Waals surface area contributed by atoms with Crippen LogP contribution in [0, 0.1) is 11.8 Å². The molecule has 0 bridgehead atoms. The molecule has 0 unspecified atom stereocenters. The maximum absolute atomic E-state index is 12.6. The van der Waals surface area contributed by atoms with Gasteiger partial charge < -0.3 is 0 Å². The Kier molecular flexibility index (Phi) is 4.91. The number of imide groups is 1. The minimum Gasteiger partial charge on any atom is -0.266 e. The number of nitrogens with zero attached hydrogens (tertiary/aromatic N) is 1. The monoisotopic (exact) mass is 411 g/mol. The summed E-state index contributed by atoms with van der Waals surface area (Å²) in [5, 5.41) is 0.280. The fourth-order valence-corrected chi connectivity index (χ4v) is 3.07. The molecule has 0 N–H and O–H groups in total. The molecule has 0 radical (unpaired) electrons. The van der Waals surface area contributed by atoms with Crippen LogP contribution in [0.25, 0.3) is 10.8 Å². The zero-order valence-corrected chi connectivity index (χ0v) is 15.1. The lowest BCUT2D eigenvalue weighted by atomic mass is 9.93. The van der Waals surface area contributed by atoms with Crippen LogP contribution < -0.4 is 0 Å². The lowest BCUT2D eigenvalue weighted by Gasteiger charge is -2.25. The molecule has 2 amide bonds. The number of hydrogen-bond donors (Lipinski definition) is 0. The maximum Gasteiger partial charge on any atom is 0.525 e. The van der Waals surface area contributed by atoms with Crippen molar-refractivity contribution in [2.75, 3.05) is 0 Å². The highest BCUT2D eigenvalue weighted by Crippen LogP contribution is 2.33. The quantitative estimate of drug-likeness (QED) is 0.440. The van der Waals surface area contributed by atoms with Crippen LogP contribution in [0.2, 0.25) is 0 Å². The highest BCUT2D eigenvalue weighted by molar-refractivity contribution is 7.87. The van der Waals surface area contributed by atoms with Crippen molar-refractivity contribution < 1.29 is 35.5 Å². The molecule has 0 aliphatic carbocycles. The molecule has 28 heavy (non-hydrogen) atoms. The van der Waals surface area contributed by atoms with Crippen LogP contribution in [0.1, 0.15) is 46.0 Å². The van der Waals surface area contributed by atoms with Crippen molar-refractivity contribution in [2.24, 2.45) is 0 Å². The topological polar surface area (TPSA) is 80.8 Å². The second kappa shape index (κ2) is 6.92. The number of unbranched alkanes of at least 4 members (excludes halogenated alkanes) is 1. The number of hydroxylamine groups is 2. The Morgan fingerprint density at radius 3 is 2.43 bits per heavy atom. The van der Waals surface area contributed by atoms with Crippen molar-refractivity contribution in [1.82, 2.24) is 5.06 Å². The number of rotatable bonds is 3. The van der Waals surface area contributed by atoms with E-state index in [1.165, 1.54) is 18.2 Å². The molecule has 0 fully saturated rings. The first-order valence-corrected chi connectivity index (χ1v) is 9.43. The number of hydrogen-bond acceptors (Lipinski definition) is 5. The zero-order valence-electron chi connectivity index (χ0n) is 14.3. The Bertz CT molecular complexity index is 1160. The number of benzene rings is 2. The van der Waals surface area contributed by atoms with Crippen LogP contribution in [0.4, 0.5) is 13.2 Å². The fourth-order valence-electron chi connectivity index (χ4n) is 2.66. The molecule has 6 nitrogen and oxygen atoms in total. The van der Waals surface area contributed by atoms with E-state index in [1.54, 1.807) is 12.1 Å². The predicted molar refractivity (Wildman–Crippen MR) is 92.3 cm³/mol. The lowest BCUT2D eigenvalue weighted by molar-refractivity contribution is -0.0761. The van der Waals surface area contributed by atoms with E-state index in [-0.39, 0.29) is 21.6 Å². The zero-order chi connectivity index (χ0) is 20.7. The standard InChI is InChI=1S/C18H12F3NO5S/c1-2-3-4-6-11-9-12-7-5-8-13-15(12)14(10-11)17(24)22(16(13)23)27-28(25,26)18(19,20)21/h5,7-10H,2-3H2,1H3. The van der Waals surface area contributed by atoms with E-state index in [1.807, 2.05) is 6.92 Å². The molecule has 146 valence electrons. The molecule has 2 aromatic carbocycles. The van der Waals surface area contributed by atoms with Gasteiger partial charge in [-0.15, -0.1) is 9.35 Å². The maximum atomic E-state index is 12.6. The Morgan fingerprint density at radius 2 is 1.79 bits per heavy atom. The third kappa shape index (κ3) is 3.34. The van der Waals surface area contributed by atoms with E-state index in [4.69, 9.17) is 0 Å². The van der Waals surface area contributed by atoms with E-state index in [2.05, 4.69) is 16.1 Å². The van der Waals surface area contributed by atoms with Crippen LogP contribution in [0.5, 0.6) is 0 Å². The van der Waals surface area contributed by atoms with Crippen molar-refractivity contribution in [1.29, 1.82) is 0 Å². The largest absolute Gasteiger partial charge is 0.525 e. The first-order chi connectivity index (χ1) is 13.1. The van der Waals surface area contributed by atoms with Crippen LogP contribution in [-0.2, 0) is 14.4 Å². The predicted octanol–water partition coefficient (Wildman–Crippen LogP) is 3.37. The summed E-state index contributed by atoms with van der Waals surface area (Å²) in [6, 6.07) is 7.25. The van der Waals surface area contributed by atoms with Crippen LogP contribution in [0.15, 0.2) is 30.3 Å². The molecule has 0 saturated carbocycles. The molecule has 1 aliphatic heterocycles. The third-order valence-corrected chi connectivity index (χ3v) is 4.78. The number of halogens is 3. The van der Waals surface area contributed by atoms with Gasteiger partial charge in [0, 0.05) is 17.4 Å². The first kappa shape index (κ1) is 19.9. The Balaban J connectivity index is 2.15. The summed E-state index contributed by atoms with van der Waals surface area (Å²) in [6.45, 7) is 1.93. The second-order valence-corrected chi connectivity index (χ2v) is 7.38. The van der Waals surface area contributed by atoms with Gasteiger partial charge in [-0.1, -0.05) is 30.9 Å². The van der Waals surface area contributed by atoms with Gasteiger partial charge in [0.05, 0.1) is 11.1 Å². The summed E-state index contributed by atoms with van der Waals surface area (Å²) in [6.07, 6.45) is 1.40. The lowest BCUT2D eigenvalue weighted by Crippen LogP contribution is -2.44. The van der Waals surface area contributed by atoms with Gasteiger partial charge in [-0.3, -0.25) is 9.59 Å². The molecule has 0 atom stereocenters. The Hall–Kier alpha value is -2.90. The fraction of sp³-hybridized carbons (Fsp3) is 0.222. The highest BCUT2D eigenvalue weighted by atomic mass is 32.2. The van der Waals surface area contributed by atoms with Gasteiger partial charge in [-0.05, 0) is 30.0 Å². The van der Waals surface area contributed by atoms with Gasteiger partial charge >= 0.3 is 15.6 Å². The molecule has 10 heteroatoms. The van der Waals surface area contributed by atoms with Crippen LogP contribution in [-0.4, -0.2) is 30.8 Å². The normalized spacial score (nSPS) is 14.2. The van der Waals surface area contributed by atoms with Gasteiger partial charge in [0.2, 0.25) is 0 Å². The highest BCUT2D eigenvalue weighted by Gasteiger charge is 2.51. The van der Waals surface area contributed by atoms with E-state index < -0.39 is 27.4 Å². The van der Waals surface area contributed by atoms with Gasteiger partial charge in [-0.2, -0.15) is 21.6 Å². The summed E-state index contributed by atoms with van der Waals surface area (Å²) < 4.78 is 64.3. The molecule has 0 aromatic heterocycles. The number of alkyl halides is 3. The molecule has 0 saturated heterocycles. The summed E-state index contributed by atoms with van der Waals surface area (Å²) in [7, 11) is -6.21. The van der Waals surface area contributed by atoms with Gasteiger partial charge in [0.25, 0.3) is 11.8 Å². The summed E-state index contributed by atoms with van der Waals surface area (Å²) in [4.78, 5) is 25.0. The van der Waals surface area contributed by atoms with Crippen LogP contribution in [0.3, 0.4) is 0 Å². The van der Waals surface area contributed by atoms with Gasteiger partial charge in [0.15, 0.2) is 0 Å². The third-order valence-electron chi connectivity index (χ3n) is 3.87. The second-order valence-electron chi connectivity index (χ2n) is 5.86. The van der Waals surface area contributed by atoms with Crippen molar-refractivity contribution in [3.8, 4) is 11.8 Å². The number of carbonyl (C=O) groups is 2. The van der Waals surface area contributed by atoms with Gasteiger partial charge in [0.1, 0.15) is 0 Å². The van der Waals surface area contributed by atoms with E-state index in [0.717, 1.165) is 6.42 Å². The molecular formula is C18H12F3NO5S. The average Bonchev–Trinajstić information content (AvgIpc) is 2.62. The minimum absolute atomic E-state index is 0.155. The Labute approximate surface area is 158 Å². The summed E-state index contributed by atoms with van der Waals surface area (Å²) >= 11 is 0. The molecule has 3 rings (SSSR count). The molecule has 2 aromatic rings. The van der Waals surface area contributed by atoms with Crippen molar-refractivity contribution in [3.05, 3.63) is 47.0 Å². The molecular weight excluding hydrogens is 399 g/mol. The molecule has 0 spiro atoms. The summed E-state index contributed by atoms with van der Waals surface area (Å²) in [5.74, 6) is 3.08. The number of carbonyl (C=O) groups excluding carboxylic acids is 2. The SMILES string of the molecule is CCCC#Cc1cc2c3c(cccc3c1)C(=O)N(OS(=O)(=O)C(F)(F)F)C2=O. The first-order valence-electron chi connectivity index (χ1n) is 8.02. The Morgan fingerprint density at radius 1 is 1.11 bits per heavy atom. The van der Waals surface area contributed by atoms with Crippen molar-refractivity contribution in [2.45, 2.75) is 25.3 Å². The van der Waals surface area contributed by atoms with E-state index in [0.29, 0.717) is 17.4 Å². The molecule has 1 aliphatic rings. The minimum atomic E-state index is -6.21. The average molecular weight is 411 g/mol. The van der Waals surface area contributed by atoms with Crippen molar-refractivity contribution in [3.63, 3.8) is 0 Å². The van der Waals surface area contributed by atoms with E-state index >= 15 is 0 Å². The van der Waals surface area contributed by atoms with Crippen molar-refractivity contribution >= 4 is 32.7 Å².